The van der Waals surface area contributed by atoms with Crippen molar-refractivity contribution in [3.05, 3.63) is 29.8 Å². The van der Waals surface area contributed by atoms with Crippen LogP contribution in [-0.4, -0.2) is 32.1 Å². The van der Waals surface area contributed by atoms with E-state index < -0.39 is 11.9 Å². The third-order valence-corrected chi connectivity index (χ3v) is 2.12. The Balaban J connectivity index is 2.42. The van der Waals surface area contributed by atoms with E-state index in [2.05, 4.69) is 21.9 Å². The van der Waals surface area contributed by atoms with Crippen LogP contribution in [0.2, 0.25) is 0 Å². The molecule has 1 aromatic carbocycles. The summed E-state index contributed by atoms with van der Waals surface area (Å²) in [7, 11) is 1.59. The first-order chi connectivity index (χ1) is 9.17. The van der Waals surface area contributed by atoms with Crippen molar-refractivity contribution in [2.24, 2.45) is 0 Å². The highest BCUT2D eigenvalue weighted by molar-refractivity contribution is 6.32. The molecule has 0 aromatic heterocycles. The third-order valence-electron chi connectivity index (χ3n) is 2.12. The minimum Gasteiger partial charge on any atom is -0.497 e. The molecular weight excluding hydrogens is 246 g/mol. The molecule has 19 heavy (non-hydrogen) atoms. The molecule has 0 unspecified atom stereocenters. The molecule has 0 aliphatic carbocycles. The van der Waals surface area contributed by atoms with Crippen molar-refractivity contribution in [1.29, 1.82) is 0 Å². The van der Waals surface area contributed by atoms with Crippen LogP contribution < -0.4 is 10.1 Å². The van der Waals surface area contributed by atoms with Gasteiger partial charge in [0, 0.05) is 5.56 Å². The second kappa shape index (κ2) is 7.77. The average Bonchev–Trinajstić information content (AvgIpc) is 2.44. The van der Waals surface area contributed by atoms with E-state index in [9.17, 15) is 9.59 Å². The van der Waals surface area contributed by atoms with E-state index in [0.29, 0.717) is 0 Å². The van der Waals surface area contributed by atoms with E-state index in [1.165, 1.54) is 0 Å². The van der Waals surface area contributed by atoms with Gasteiger partial charge in [0.25, 0.3) is 0 Å². The molecule has 0 saturated heterocycles. The zero-order valence-corrected chi connectivity index (χ0v) is 10.9. The van der Waals surface area contributed by atoms with E-state index in [0.717, 1.165) is 11.3 Å². The lowest BCUT2D eigenvalue weighted by Gasteiger charge is -2.00. The van der Waals surface area contributed by atoms with Crippen LogP contribution in [0.3, 0.4) is 0 Å². The fraction of sp³-hybridized carbons (Fsp3) is 0.286. The van der Waals surface area contributed by atoms with E-state index in [1.54, 1.807) is 38.3 Å². The first kappa shape index (κ1) is 14.6. The zero-order chi connectivity index (χ0) is 14.1. The molecule has 0 radical (unpaired) electrons. The van der Waals surface area contributed by atoms with E-state index in [-0.39, 0.29) is 13.2 Å². The van der Waals surface area contributed by atoms with Crippen LogP contribution in [0.5, 0.6) is 5.75 Å². The van der Waals surface area contributed by atoms with Gasteiger partial charge in [-0.2, -0.15) is 0 Å². The Bertz CT molecular complexity index is 496. The lowest BCUT2D eigenvalue weighted by molar-refractivity contribution is -0.154. The number of carbonyl (C=O) groups is 2. The van der Waals surface area contributed by atoms with Crippen molar-refractivity contribution < 1.29 is 19.1 Å². The highest BCUT2D eigenvalue weighted by atomic mass is 16.5. The monoisotopic (exact) mass is 261 g/mol. The predicted molar refractivity (Wildman–Crippen MR) is 69.5 cm³/mol. The maximum absolute atomic E-state index is 11.2. The summed E-state index contributed by atoms with van der Waals surface area (Å²) in [5.74, 6) is 4.66. The molecule has 0 aliphatic rings. The maximum atomic E-state index is 11.2. The summed E-state index contributed by atoms with van der Waals surface area (Å²) in [4.78, 5) is 22.1. The number of amides is 1. The van der Waals surface area contributed by atoms with Crippen molar-refractivity contribution in [2.45, 2.75) is 6.92 Å². The summed E-state index contributed by atoms with van der Waals surface area (Å²) in [6.07, 6.45) is 0. The Morgan fingerprint density at radius 2 is 1.95 bits per heavy atom. The van der Waals surface area contributed by atoms with Crippen LogP contribution in [0.15, 0.2) is 24.3 Å². The second-order valence-electron chi connectivity index (χ2n) is 3.43. The van der Waals surface area contributed by atoms with Gasteiger partial charge in [0.1, 0.15) is 5.75 Å². The highest BCUT2D eigenvalue weighted by Crippen LogP contribution is 2.09. The first-order valence-electron chi connectivity index (χ1n) is 5.75. The van der Waals surface area contributed by atoms with Crippen LogP contribution in [0.25, 0.3) is 0 Å². The topological polar surface area (TPSA) is 64.6 Å². The fourth-order valence-corrected chi connectivity index (χ4v) is 1.21. The largest absolute Gasteiger partial charge is 0.497 e. The molecule has 0 bridgehead atoms. The van der Waals surface area contributed by atoms with Gasteiger partial charge in [-0.15, -0.1) is 0 Å². The summed E-state index contributed by atoms with van der Waals surface area (Å²) >= 11 is 0. The van der Waals surface area contributed by atoms with Gasteiger partial charge in [-0.25, -0.2) is 4.79 Å². The summed E-state index contributed by atoms with van der Waals surface area (Å²) < 4.78 is 9.55. The lowest BCUT2D eigenvalue weighted by atomic mass is 10.2. The van der Waals surface area contributed by atoms with E-state index in [1.807, 2.05) is 0 Å². The molecule has 1 rings (SSSR count). The van der Waals surface area contributed by atoms with Gasteiger partial charge < -0.3 is 14.8 Å². The molecule has 1 aromatic rings. The molecule has 100 valence electrons. The number of hydrogen-bond acceptors (Lipinski definition) is 4. The number of hydrogen-bond donors (Lipinski definition) is 1. The van der Waals surface area contributed by atoms with Gasteiger partial charge in [0.05, 0.1) is 20.3 Å². The second-order valence-corrected chi connectivity index (χ2v) is 3.43. The first-order valence-corrected chi connectivity index (χ1v) is 5.75. The number of carbonyl (C=O) groups excluding carboxylic acids is 2. The molecule has 1 amide bonds. The van der Waals surface area contributed by atoms with Gasteiger partial charge in [-0.1, -0.05) is 11.8 Å². The maximum Gasteiger partial charge on any atom is 0.396 e. The van der Waals surface area contributed by atoms with Crippen LogP contribution in [0.1, 0.15) is 12.5 Å². The zero-order valence-electron chi connectivity index (χ0n) is 10.9. The molecular formula is C14H15NO4. The van der Waals surface area contributed by atoms with Crippen LogP contribution >= 0.6 is 0 Å². The standard InChI is InChI=1S/C14H15NO4/c1-3-19-14(17)13(16)15-10-4-5-11-6-8-12(18-2)9-7-11/h6-9H,3,10H2,1-2H3,(H,15,16). The molecule has 1 N–H and O–H groups in total. The van der Waals surface area contributed by atoms with Crippen molar-refractivity contribution in [2.75, 3.05) is 20.3 Å². The number of ether oxygens (including phenoxy) is 2. The molecule has 0 aliphatic heterocycles. The van der Waals surface area contributed by atoms with Gasteiger partial charge >= 0.3 is 11.9 Å². The number of benzene rings is 1. The Labute approximate surface area is 111 Å². The van der Waals surface area contributed by atoms with Crippen molar-refractivity contribution in [1.82, 2.24) is 5.32 Å². The summed E-state index contributed by atoms with van der Waals surface area (Å²) in [5, 5.41) is 2.35. The SMILES string of the molecule is CCOC(=O)C(=O)NCC#Cc1ccc(OC)cc1. The Hall–Kier alpha value is -2.48. The fourth-order valence-electron chi connectivity index (χ4n) is 1.21. The van der Waals surface area contributed by atoms with Gasteiger partial charge in [-0.3, -0.25) is 4.79 Å². The number of esters is 1. The minimum absolute atomic E-state index is 0.0870. The highest BCUT2D eigenvalue weighted by Gasteiger charge is 2.12. The van der Waals surface area contributed by atoms with E-state index in [4.69, 9.17) is 4.74 Å². The summed E-state index contributed by atoms with van der Waals surface area (Å²) in [6.45, 7) is 1.89. The van der Waals surface area contributed by atoms with Crippen LogP contribution in [-0.2, 0) is 14.3 Å². The van der Waals surface area contributed by atoms with Crippen molar-refractivity contribution >= 4 is 11.9 Å². The smallest absolute Gasteiger partial charge is 0.396 e. The molecule has 5 nitrogen and oxygen atoms in total. The Kier molecular flexibility index (Phi) is 5.96. The van der Waals surface area contributed by atoms with Crippen molar-refractivity contribution in [3.8, 4) is 17.6 Å². The van der Waals surface area contributed by atoms with E-state index >= 15 is 0 Å². The third kappa shape index (κ3) is 5.13. The van der Waals surface area contributed by atoms with Crippen LogP contribution in [0.4, 0.5) is 0 Å². The molecule has 0 spiro atoms. The molecule has 5 heteroatoms. The van der Waals surface area contributed by atoms with Gasteiger partial charge in [0.15, 0.2) is 0 Å². The molecule has 0 atom stereocenters. The molecule has 0 saturated carbocycles. The summed E-state index contributed by atoms with van der Waals surface area (Å²) in [6, 6.07) is 7.19. The number of nitrogens with one attached hydrogen (secondary N) is 1. The van der Waals surface area contributed by atoms with Gasteiger partial charge in [0.2, 0.25) is 0 Å². The minimum atomic E-state index is -0.895. The number of methoxy groups -OCH3 is 1. The Morgan fingerprint density at radius 3 is 2.53 bits per heavy atom. The lowest BCUT2D eigenvalue weighted by Crippen LogP contribution is -2.32. The quantitative estimate of drug-likeness (QED) is 0.495. The van der Waals surface area contributed by atoms with Gasteiger partial charge in [-0.05, 0) is 31.2 Å². The molecule has 0 fully saturated rings. The molecule has 0 heterocycles. The average molecular weight is 261 g/mol. The van der Waals surface area contributed by atoms with Crippen molar-refractivity contribution in [3.63, 3.8) is 0 Å². The predicted octanol–water partition coefficient (Wildman–Crippen LogP) is 0.726. The summed E-state index contributed by atoms with van der Waals surface area (Å²) in [5.41, 5.74) is 0.797. The Morgan fingerprint density at radius 1 is 1.26 bits per heavy atom. The number of rotatable bonds is 3. The normalized spacial score (nSPS) is 8.95. The van der Waals surface area contributed by atoms with Crippen LogP contribution in [0, 0.1) is 11.8 Å².